The Bertz CT molecular complexity index is 1030. The fraction of sp³-hybridized carbons (Fsp3) is 0.0769. The van der Waals surface area contributed by atoms with Crippen molar-refractivity contribution in [1.29, 1.82) is 0 Å². The van der Waals surface area contributed by atoms with Crippen LogP contribution in [-0.4, -0.2) is 12.3 Å². The molecule has 0 radical (unpaired) electrons. The first kappa shape index (κ1) is 24.8. The topological polar surface area (TPSA) is 0 Å². The van der Waals surface area contributed by atoms with E-state index in [0.717, 1.165) is 30.2 Å². The van der Waals surface area contributed by atoms with E-state index in [0.29, 0.717) is 0 Å². The summed E-state index contributed by atoms with van der Waals surface area (Å²) in [5.74, 6) is 0. The molecule has 0 bridgehead atoms. The average molecular weight is 714 g/mol. The molecule has 0 aliphatic rings. The van der Waals surface area contributed by atoms with Crippen molar-refractivity contribution >= 4 is 101 Å². The van der Waals surface area contributed by atoms with Crippen LogP contribution in [0.3, 0.4) is 0 Å². The summed E-state index contributed by atoms with van der Waals surface area (Å²) in [6.45, 7) is 0. The van der Waals surface area contributed by atoms with E-state index in [4.69, 9.17) is 0 Å². The molecule has 0 heterocycles. The lowest BCUT2D eigenvalue weighted by atomic mass is 10.4. The van der Waals surface area contributed by atoms with Gasteiger partial charge in [-0.25, -0.2) is 0 Å². The third kappa shape index (κ3) is 6.62. The van der Waals surface area contributed by atoms with Crippen LogP contribution in [0.2, 0.25) is 0 Å². The molecule has 0 unspecified atom stereocenters. The molecule has 4 aromatic carbocycles. The molecule has 0 aromatic heterocycles. The van der Waals surface area contributed by atoms with Crippen molar-refractivity contribution in [3.05, 3.63) is 115 Å². The Kier molecular flexibility index (Phi) is 9.19. The SMILES string of the molecule is Brc1cccc(P(CCP(c2cccc(Br)c2)c2cccc(Br)c2)c2cccc(Br)c2)c1. The van der Waals surface area contributed by atoms with E-state index in [1.807, 2.05) is 0 Å². The Hall–Kier alpha value is -0.340. The maximum atomic E-state index is 3.68. The molecule has 0 atom stereocenters. The molecule has 0 nitrogen and oxygen atoms in total. The summed E-state index contributed by atoms with van der Waals surface area (Å²) in [5, 5.41) is 5.63. The smallest absolute Gasteiger partial charge is 0.0181 e. The van der Waals surface area contributed by atoms with E-state index in [1.165, 1.54) is 21.2 Å². The van der Waals surface area contributed by atoms with Crippen LogP contribution in [0.5, 0.6) is 0 Å². The first-order chi connectivity index (χ1) is 15.5. The maximum absolute atomic E-state index is 3.68. The molecule has 0 amide bonds. The molecule has 4 rings (SSSR count). The van der Waals surface area contributed by atoms with Crippen LogP contribution in [0.1, 0.15) is 0 Å². The predicted octanol–water partition coefficient (Wildman–Crippen LogP) is 8.30. The lowest BCUT2D eigenvalue weighted by Crippen LogP contribution is -2.20. The number of benzene rings is 4. The zero-order chi connectivity index (χ0) is 22.5. The number of halogens is 4. The quantitative estimate of drug-likeness (QED) is 0.169. The first-order valence-electron chi connectivity index (χ1n) is 10.1. The van der Waals surface area contributed by atoms with E-state index >= 15 is 0 Å². The number of hydrogen-bond acceptors (Lipinski definition) is 0. The molecule has 162 valence electrons. The van der Waals surface area contributed by atoms with Crippen LogP contribution >= 0.6 is 79.6 Å². The van der Waals surface area contributed by atoms with Crippen molar-refractivity contribution in [1.82, 2.24) is 0 Å². The molecular formula is C26H20Br4P2. The van der Waals surface area contributed by atoms with Gasteiger partial charge in [-0.1, -0.05) is 112 Å². The van der Waals surface area contributed by atoms with Crippen LogP contribution < -0.4 is 21.2 Å². The lowest BCUT2D eigenvalue weighted by molar-refractivity contribution is 1.50. The molecule has 0 saturated carbocycles. The molecule has 32 heavy (non-hydrogen) atoms. The van der Waals surface area contributed by atoms with Gasteiger partial charge in [0.2, 0.25) is 0 Å². The maximum Gasteiger partial charge on any atom is 0.0181 e. The van der Waals surface area contributed by atoms with Crippen molar-refractivity contribution in [2.45, 2.75) is 0 Å². The molecule has 4 aromatic rings. The molecule has 0 aliphatic carbocycles. The van der Waals surface area contributed by atoms with Gasteiger partial charge in [0.05, 0.1) is 0 Å². The zero-order valence-corrected chi connectivity index (χ0v) is 25.2. The molecule has 0 N–H and O–H groups in total. The first-order valence-corrected chi connectivity index (χ1v) is 16.3. The summed E-state index contributed by atoms with van der Waals surface area (Å²) < 4.78 is 4.55. The van der Waals surface area contributed by atoms with Crippen LogP contribution in [0, 0.1) is 0 Å². The third-order valence-corrected chi connectivity index (χ3v) is 12.3. The molecule has 0 fully saturated rings. The van der Waals surface area contributed by atoms with Crippen molar-refractivity contribution in [3.8, 4) is 0 Å². The minimum Gasteiger partial charge on any atom is -0.0605 e. The van der Waals surface area contributed by atoms with Gasteiger partial charge in [-0.2, -0.15) is 0 Å². The standard InChI is InChI=1S/C26H20Br4P2/c27-19-5-1-9-23(15-19)31(24-10-2-6-20(28)16-24)13-14-32(25-11-3-7-21(29)17-25)26-12-4-8-22(30)18-26/h1-12,15-18H,13-14H2. The van der Waals surface area contributed by atoms with Crippen molar-refractivity contribution in [2.24, 2.45) is 0 Å². The van der Waals surface area contributed by atoms with Crippen molar-refractivity contribution in [3.63, 3.8) is 0 Å². The van der Waals surface area contributed by atoms with Crippen LogP contribution in [-0.2, 0) is 0 Å². The normalized spacial score (nSPS) is 11.3. The van der Waals surface area contributed by atoms with Gasteiger partial charge in [0.15, 0.2) is 0 Å². The number of rotatable bonds is 7. The summed E-state index contributed by atoms with van der Waals surface area (Å²) >= 11 is 14.7. The van der Waals surface area contributed by atoms with Gasteiger partial charge in [0.25, 0.3) is 0 Å². The largest absolute Gasteiger partial charge is 0.0605 e. The van der Waals surface area contributed by atoms with Gasteiger partial charge in [0.1, 0.15) is 0 Å². The van der Waals surface area contributed by atoms with E-state index in [9.17, 15) is 0 Å². The van der Waals surface area contributed by atoms with Crippen molar-refractivity contribution < 1.29 is 0 Å². The summed E-state index contributed by atoms with van der Waals surface area (Å²) in [6.07, 6.45) is 2.26. The van der Waals surface area contributed by atoms with Gasteiger partial charge < -0.3 is 0 Å². The van der Waals surface area contributed by atoms with Crippen molar-refractivity contribution in [2.75, 3.05) is 12.3 Å². The highest BCUT2D eigenvalue weighted by Crippen LogP contribution is 2.42. The molecule has 6 heteroatoms. The Labute approximate surface area is 226 Å². The van der Waals surface area contributed by atoms with E-state index in [2.05, 4.69) is 161 Å². The molecule has 0 spiro atoms. The van der Waals surface area contributed by atoms with Gasteiger partial charge in [0, 0.05) is 17.9 Å². The van der Waals surface area contributed by atoms with Crippen LogP contribution in [0.15, 0.2) is 115 Å². The van der Waals surface area contributed by atoms with E-state index < -0.39 is 15.8 Å². The Morgan fingerprint density at radius 2 is 0.656 bits per heavy atom. The Morgan fingerprint density at radius 1 is 0.406 bits per heavy atom. The Morgan fingerprint density at radius 3 is 0.875 bits per heavy atom. The second-order valence-electron chi connectivity index (χ2n) is 7.22. The fourth-order valence-electron chi connectivity index (χ4n) is 3.59. The van der Waals surface area contributed by atoms with Crippen LogP contribution in [0.4, 0.5) is 0 Å². The minimum atomic E-state index is -0.479. The summed E-state index contributed by atoms with van der Waals surface area (Å²) in [7, 11) is -0.958. The molecular weight excluding hydrogens is 694 g/mol. The highest BCUT2D eigenvalue weighted by atomic mass is 79.9. The van der Waals surface area contributed by atoms with Gasteiger partial charge in [-0.3, -0.25) is 0 Å². The van der Waals surface area contributed by atoms with Gasteiger partial charge in [-0.15, -0.1) is 0 Å². The van der Waals surface area contributed by atoms with E-state index in [-0.39, 0.29) is 0 Å². The second kappa shape index (κ2) is 11.9. The third-order valence-electron chi connectivity index (χ3n) is 5.03. The highest BCUT2D eigenvalue weighted by molar-refractivity contribution is 9.11. The second-order valence-corrected chi connectivity index (χ2v) is 15.6. The highest BCUT2D eigenvalue weighted by Gasteiger charge is 2.20. The molecule has 0 aliphatic heterocycles. The summed E-state index contributed by atoms with van der Waals surface area (Å²) in [4.78, 5) is 0. The zero-order valence-electron chi connectivity index (χ0n) is 17.1. The fourth-order valence-corrected chi connectivity index (χ4v) is 11.4. The van der Waals surface area contributed by atoms with Gasteiger partial charge >= 0.3 is 0 Å². The summed E-state index contributed by atoms with van der Waals surface area (Å²) in [5.41, 5.74) is 0. The monoisotopic (exact) mass is 710 g/mol. The predicted molar refractivity (Wildman–Crippen MR) is 159 cm³/mol. The Balaban J connectivity index is 1.71. The van der Waals surface area contributed by atoms with E-state index in [1.54, 1.807) is 0 Å². The average Bonchev–Trinajstić information content (AvgIpc) is 2.77. The number of hydrogen-bond donors (Lipinski definition) is 0. The van der Waals surface area contributed by atoms with Crippen LogP contribution in [0.25, 0.3) is 0 Å². The van der Waals surface area contributed by atoms with Gasteiger partial charge in [-0.05, 0) is 97.9 Å². The molecule has 0 saturated heterocycles. The summed E-state index contributed by atoms with van der Waals surface area (Å²) in [6, 6.07) is 35.3. The minimum absolute atomic E-state index is 0.479. The lowest BCUT2D eigenvalue weighted by Gasteiger charge is -2.24.